The SMILES string of the molecule is CCOc1ccccc1NC(=O)c1c(NC(=O)c2ccccc2)sc2c1CCCC2. The first-order valence-electron chi connectivity index (χ1n) is 10.2. The average Bonchev–Trinajstić information content (AvgIpc) is 3.13. The number of fused-ring (bicyclic) bond motifs is 1. The van der Waals surface area contributed by atoms with Gasteiger partial charge in [0.25, 0.3) is 11.8 Å². The van der Waals surface area contributed by atoms with Crippen molar-refractivity contribution < 1.29 is 14.3 Å². The molecular formula is C24H24N2O3S. The van der Waals surface area contributed by atoms with Crippen LogP contribution in [0.3, 0.4) is 0 Å². The van der Waals surface area contributed by atoms with Crippen LogP contribution in [0, 0.1) is 0 Å². The van der Waals surface area contributed by atoms with Crippen molar-refractivity contribution in [2.45, 2.75) is 32.6 Å². The van der Waals surface area contributed by atoms with Crippen LogP contribution in [0.25, 0.3) is 0 Å². The third-order valence-electron chi connectivity index (χ3n) is 5.10. The fourth-order valence-corrected chi connectivity index (χ4v) is 4.98. The van der Waals surface area contributed by atoms with E-state index in [1.54, 1.807) is 12.1 Å². The first-order chi connectivity index (χ1) is 14.7. The lowest BCUT2D eigenvalue weighted by Crippen LogP contribution is -2.19. The van der Waals surface area contributed by atoms with E-state index in [9.17, 15) is 9.59 Å². The number of para-hydroxylation sites is 2. The highest BCUT2D eigenvalue weighted by Gasteiger charge is 2.27. The minimum atomic E-state index is -0.218. The van der Waals surface area contributed by atoms with Gasteiger partial charge in [-0.1, -0.05) is 30.3 Å². The second-order valence-corrected chi connectivity index (χ2v) is 8.22. The summed E-state index contributed by atoms with van der Waals surface area (Å²) in [4.78, 5) is 27.3. The van der Waals surface area contributed by atoms with Gasteiger partial charge in [-0.3, -0.25) is 9.59 Å². The number of rotatable bonds is 6. The van der Waals surface area contributed by atoms with Crippen LogP contribution in [-0.2, 0) is 12.8 Å². The maximum absolute atomic E-state index is 13.3. The summed E-state index contributed by atoms with van der Waals surface area (Å²) < 4.78 is 5.64. The molecule has 2 N–H and O–H groups in total. The van der Waals surface area contributed by atoms with E-state index in [-0.39, 0.29) is 11.8 Å². The molecule has 0 bridgehead atoms. The molecule has 1 heterocycles. The number of carbonyl (C=O) groups excluding carboxylic acids is 2. The van der Waals surface area contributed by atoms with Crippen LogP contribution in [-0.4, -0.2) is 18.4 Å². The van der Waals surface area contributed by atoms with Gasteiger partial charge >= 0.3 is 0 Å². The molecule has 0 saturated carbocycles. The van der Waals surface area contributed by atoms with Crippen molar-refractivity contribution in [3.63, 3.8) is 0 Å². The van der Waals surface area contributed by atoms with Gasteiger partial charge in [0, 0.05) is 10.4 Å². The molecule has 2 aromatic carbocycles. The van der Waals surface area contributed by atoms with Gasteiger partial charge in [0.1, 0.15) is 10.8 Å². The molecule has 0 saturated heterocycles. The summed E-state index contributed by atoms with van der Waals surface area (Å²) in [6, 6.07) is 16.4. The summed E-state index contributed by atoms with van der Waals surface area (Å²) in [6.45, 7) is 2.42. The molecular weight excluding hydrogens is 396 g/mol. The molecule has 154 valence electrons. The van der Waals surface area contributed by atoms with E-state index >= 15 is 0 Å². The molecule has 1 aliphatic rings. The summed E-state index contributed by atoms with van der Waals surface area (Å²) in [6.07, 6.45) is 3.94. The first-order valence-corrected chi connectivity index (χ1v) is 11.0. The van der Waals surface area contributed by atoms with Crippen molar-refractivity contribution >= 4 is 33.8 Å². The Kier molecular flexibility index (Phi) is 6.14. The Morgan fingerprint density at radius 1 is 0.933 bits per heavy atom. The van der Waals surface area contributed by atoms with Gasteiger partial charge in [-0.25, -0.2) is 0 Å². The summed E-state index contributed by atoms with van der Waals surface area (Å²) in [7, 11) is 0. The van der Waals surface area contributed by atoms with Crippen LogP contribution < -0.4 is 15.4 Å². The zero-order valence-electron chi connectivity index (χ0n) is 16.9. The van der Waals surface area contributed by atoms with Crippen molar-refractivity contribution in [3.05, 3.63) is 76.2 Å². The Balaban J connectivity index is 1.65. The highest BCUT2D eigenvalue weighted by Crippen LogP contribution is 2.39. The van der Waals surface area contributed by atoms with E-state index in [0.29, 0.717) is 34.2 Å². The summed E-state index contributed by atoms with van der Waals surface area (Å²) in [5.41, 5.74) is 2.82. The predicted octanol–water partition coefficient (Wildman–Crippen LogP) is 5.53. The molecule has 6 heteroatoms. The number of carbonyl (C=O) groups is 2. The van der Waals surface area contributed by atoms with Crippen molar-refractivity contribution in [2.24, 2.45) is 0 Å². The van der Waals surface area contributed by atoms with E-state index < -0.39 is 0 Å². The van der Waals surface area contributed by atoms with Gasteiger partial charge in [-0.15, -0.1) is 11.3 Å². The normalized spacial score (nSPS) is 12.7. The fraction of sp³-hybridized carbons (Fsp3) is 0.250. The van der Waals surface area contributed by atoms with Gasteiger partial charge in [-0.2, -0.15) is 0 Å². The number of benzene rings is 2. The quantitative estimate of drug-likeness (QED) is 0.551. The van der Waals surface area contributed by atoms with Crippen molar-refractivity contribution in [1.29, 1.82) is 0 Å². The lowest BCUT2D eigenvalue weighted by atomic mass is 9.95. The second-order valence-electron chi connectivity index (χ2n) is 7.12. The lowest BCUT2D eigenvalue weighted by Gasteiger charge is -2.15. The zero-order chi connectivity index (χ0) is 20.9. The largest absolute Gasteiger partial charge is 0.492 e. The van der Waals surface area contributed by atoms with Crippen LogP contribution in [0.5, 0.6) is 5.75 Å². The molecule has 0 fully saturated rings. The number of ether oxygens (including phenoxy) is 1. The Morgan fingerprint density at radius 2 is 1.67 bits per heavy atom. The smallest absolute Gasteiger partial charge is 0.259 e. The number of hydrogen-bond donors (Lipinski definition) is 2. The van der Waals surface area contributed by atoms with Gasteiger partial charge in [0.2, 0.25) is 0 Å². The number of aryl methyl sites for hydroxylation is 1. The second kappa shape index (κ2) is 9.13. The van der Waals surface area contributed by atoms with E-state index in [1.807, 2.05) is 49.4 Å². The van der Waals surface area contributed by atoms with E-state index in [4.69, 9.17) is 4.74 Å². The Morgan fingerprint density at radius 3 is 2.47 bits per heavy atom. The van der Waals surface area contributed by atoms with E-state index in [0.717, 1.165) is 31.2 Å². The minimum Gasteiger partial charge on any atom is -0.492 e. The molecule has 3 aromatic rings. The third kappa shape index (κ3) is 4.24. The molecule has 2 amide bonds. The van der Waals surface area contributed by atoms with Crippen LogP contribution in [0.15, 0.2) is 54.6 Å². The maximum atomic E-state index is 13.3. The third-order valence-corrected chi connectivity index (χ3v) is 6.30. The van der Waals surface area contributed by atoms with Gasteiger partial charge in [0.15, 0.2) is 0 Å². The van der Waals surface area contributed by atoms with Crippen molar-refractivity contribution in [1.82, 2.24) is 0 Å². The minimum absolute atomic E-state index is 0.210. The molecule has 1 aliphatic carbocycles. The van der Waals surface area contributed by atoms with Crippen molar-refractivity contribution in [3.8, 4) is 5.75 Å². The zero-order valence-corrected chi connectivity index (χ0v) is 17.7. The molecule has 0 radical (unpaired) electrons. The Hall–Kier alpha value is -3.12. The number of nitrogens with one attached hydrogen (secondary N) is 2. The van der Waals surface area contributed by atoms with Crippen LogP contribution >= 0.6 is 11.3 Å². The lowest BCUT2D eigenvalue weighted by molar-refractivity contribution is 0.102. The standard InChI is InChI=1S/C24H24N2O3S/c1-2-29-19-14-8-7-13-18(19)25-23(28)21-17-12-6-9-15-20(17)30-24(21)26-22(27)16-10-4-3-5-11-16/h3-5,7-8,10-11,13-14H,2,6,9,12,15H2,1H3,(H,25,28)(H,26,27). The Bertz CT molecular complexity index is 1060. The van der Waals surface area contributed by atoms with E-state index in [1.165, 1.54) is 16.2 Å². The Labute approximate surface area is 180 Å². The number of thiophene rings is 1. The fourth-order valence-electron chi connectivity index (χ4n) is 3.70. The molecule has 1 aromatic heterocycles. The first kappa shape index (κ1) is 20.2. The summed E-state index contributed by atoms with van der Waals surface area (Å²) in [5.74, 6) is 0.204. The molecule has 0 atom stereocenters. The molecule has 30 heavy (non-hydrogen) atoms. The highest BCUT2D eigenvalue weighted by molar-refractivity contribution is 7.17. The van der Waals surface area contributed by atoms with E-state index in [2.05, 4.69) is 10.6 Å². The van der Waals surface area contributed by atoms with Gasteiger partial charge < -0.3 is 15.4 Å². The maximum Gasteiger partial charge on any atom is 0.259 e. The van der Waals surface area contributed by atoms with Crippen LogP contribution in [0.4, 0.5) is 10.7 Å². The monoisotopic (exact) mass is 420 g/mol. The number of anilines is 2. The summed E-state index contributed by atoms with van der Waals surface area (Å²) in [5, 5.41) is 6.58. The average molecular weight is 421 g/mol. The van der Waals surface area contributed by atoms with Crippen LogP contribution in [0.2, 0.25) is 0 Å². The molecule has 4 rings (SSSR count). The summed E-state index contributed by atoms with van der Waals surface area (Å²) >= 11 is 1.51. The molecule has 0 aliphatic heterocycles. The molecule has 0 spiro atoms. The van der Waals surface area contributed by atoms with Crippen molar-refractivity contribution in [2.75, 3.05) is 17.2 Å². The topological polar surface area (TPSA) is 67.4 Å². The number of hydrogen-bond acceptors (Lipinski definition) is 4. The molecule has 0 unspecified atom stereocenters. The van der Waals surface area contributed by atoms with Gasteiger partial charge in [0.05, 0.1) is 17.9 Å². The highest BCUT2D eigenvalue weighted by atomic mass is 32.1. The predicted molar refractivity (Wildman–Crippen MR) is 121 cm³/mol. The number of amides is 2. The van der Waals surface area contributed by atoms with Gasteiger partial charge in [-0.05, 0) is 62.4 Å². The van der Waals surface area contributed by atoms with Crippen LogP contribution in [0.1, 0.15) is 50.9 Å². The molecule has 5 nitrogen and oxygen atoms in total.